The normalized spacial score (nSPS) is 11.2. The van der Waals surface area contributed by atoms with Gasteiger partial charge in [-0.05, 0) is 182 Å². The highest BCUT2D eigenvalue weighted by Crippen LogP contribution is 2.46. The summed E-state index contributed by atoms with van der Waals surface area (Å²) in [6.45, 7) is 17.1. The Balaban J connectivity index is 2.40. The summed E-state index contributed by atoms with van der Waals surface area (Å²) in [4.78, 5) is 0. The zero-order valence-corrected chi connectivity index (χ0v) is 26.2. The van der Waals surface area contributed by atoms with Crippen molar-refractivity contribution in [3.8, 4) is 0 Å². The van der Waals surface area contributed by atoms with Crippen molar-refractivity contribution in [1.82, 2.24) is 0 Å². The summed E-state index contributed by atoms with van der Waals surface area (Å²) in [7, 11) is 0. The Morgan fingerprint density at radius 1 is 0.316 bits per heavy atom. The maximum absolute atomic E-state index is 6.54. The van der Waals surface area contributed by atoms with E-state index in [1.807, 2.05) is 48.5 Å². The van der Waals surface area contributed by atoms with E-state index in [1.165, 1.54) is 22.3 Å². The van der Waals surface area contributed by atoms with Gasteiger partial charge in [0.1, 0.15) is 0 Å². The summed E-state index contributed by atoms with van der Waals surface area (Å²) >= 11 is 26.2. The van der Waals surface area contributed by atoms with Gasteiger partial charge in [0.2, 0.25) is 0 Å². The second kappa shape index (κ2) is 11.1. The van der Waals surface area contributed by atoms with Crippen molar-refractivity contribution < 1.29 is 0 Å². The van der Waals surface area contributed by atoms with Crippen LogP contribution >= 0.6 is 46.4 Å². The van der Waals surface area contributed by atoms with Crippen molar-refractivity contribution in [1.29, 1.82) is 0 Å². The van der Waals surface area contributed by atoms with Gasteiger partial charge in [0.15, 0.2) is 0 Å². The maximum Gasteiger partial charge on any atom is 0.0411 e. The number of hydrogen-bond donors (Lipinski definition) is 0. The molecule has 0 amide bonds. The van der Waals surface area contributed by atoms with Crippen molar-refractivity contribution in [3.05, 3.63) is 135 Å². The van der Waals surface area contributed by atoms with Crippen LogP contribution in [0, 0.1) is 55.4 Å². The van der Waals surface area contributed by atoms with E-state index in [-0.39, 0.29) is 0 Å². The number of aryl methyl sites for hydroxylation is 8. The van der Waals surface area contributed by atoms with E-state index in [0.29, 0.717) is 0 Å². The fourth-order valence-corrected chi connectivity index (χ4v) is 7.28. The minimum atomic E-state index is 0.729. The van der Waals surface area contributed by atoms with Gasteiger partial charge in [-0.3, -0.25) is 0 Å². The molecule has 4 heteroatoms. The Morgan fingerprint density at radius 3 is 0.579 bits per heavy atom. The first kappa shape index (κ1) is 28.8. The molecule has 0 saturated carbocycles. The van der Waals surface area contributed by atoms with E-state index in [4.69, 9.17) is 46.4 Å². The topological polar surface area (TPSA) is 0 Å². The minimum Gasteiger partial charge on any atom is -0.0843 e. The molecule has 0 fully saturated rings. The van der Waals surface area contributed by atoms with Gasteiger partial charge in [-0.2, -0.15) is 0 Å². The van der Waals surface area contributed by atoms with Crippen LogP contribution in [-0.4, -0.2) is 0 Å². The molecular formula is C34H32Cl4. The SMILES string of the molecule is Cc1cc(Cl)cc(C)c1C(=C(c1c(C)cc(Cl)cc1C)c1c(C)cc(Cl)cc1C)c1c(C)cc(Cl)cc1C. The average molecular weight is 582 g/mol. The van der Waals surface area contributed by atoms with Gasteiger partial charge < -0.3 is 0 Å². The molecule has 0 aliphatic heterocycles. The van der Waals surface area contributed by atoms with Crippen LogP contribution in [-0.2, 0) is 0 Å². The van der Waals surface area contributed by atoms with Crippen LogP contribution in [0.5, 0.6) is 0 Å². The summed E-state index contributed by atoms with van der Waals surface area (Å²) in [6.07, 6.45) is 0. The highest BCUT2D eigenvalue weighted by Gasteiger charge is 2.26. The lowest BCUT2D eigenvalue weighted by atomic mass is 9.76. The largest absolute Gasteiger partial charge is 0.0843 e. The zero-order chi connectivity index (χ0) is 28.0. The quantitative estimate of drug-likeness (QED) is 0.210. The third-order valence-electron chi connectivity index (χ3n) is 7.24. The minimum absolute atomic E-state index is 0.729. The van der Waals surface area contributed by atoms with E-state index in [9.17, 15) is 0 Å². The molecule has 0 saturated heterocycles. The molecule has 4 aromatic carbocycles. The van der Waals surface area contributed by atoms with Crippen molar-refractivity contribution in [2.24, 2.45) is 0 Å². The van der Waals surface area contributed by atoms with E-state index >= 15 is 0 Å². The van der Waals surface area contributed by atoms with Crippen LogP contribution < -0.4 is 0 Å². The lowest BCUT2D eigenvalue weighted by Crippen LogP contribution is -2.08. The molecule has 0 unspecified atom stereocenters. The number of halogens is 4. The molecule has 0 aliphatic carbocycles. The summed E-state index contributed by atoms with van der Waals surface area (Å²) in [5, 5.41) is 2.91. The maximum atomic E-state index is 6.54. The van der Waals surface area contributed by atoms with Crippen LogP contribution in [0.25, 0.3) is 11.1 Å². The van der Waals surface area contributed by atoms with Gasteiger partial charge in [0, 0.05) is 20.1 Å². The Labute approximate surface area is 247 Å². The fourth-order valence-electron chi connectivity index (χ4n) is 5.97. The first-order valence-corrected chi connectivity index (χ1v) is 14.1. The molecule has 0 aliphatic rings. The van der Waals surface area contributed by atoms with E-state index in [0.717, 1.165) is 75.7 Å². The second-order valence-corrected chi connectivity index (χ2v) is 12.2. The van der Waals surface area contributed by atoms with E-state index in [1.54, 1.807) is 0 Å². The number of hydrogen-bond acceptors (Lipinski definition) is 0. The third kappa shape index (κ3) is 5.43. The van der Waals surface area contributed by atoms with Crippen molar-refractivity contribution in [3.63, 3.8) is 0 Å². The predicted octanol–water partition coefficient (Wildman–Crippen LogP) is 11.8. The second-order valence-electron chi connectivity index (χ2n) is 10.4. The first-order chi connectivity index (χ1) is 17.8. The van der Waals surface area contributed by atoms with Crippen molar-refractivity contribution in [2.45, 2.75) is 55.4 Å². The van der Waals surface area contributed by atoms with Crippen LogP contribution in [0.2, 0.25) is 20.1 Å². The Bertz CT molecular complexity index is 1290. The number of rotatable bonds is 4. The molecule has 196 valence electrons. The van der Waals surface area contributed by atoms with Crippen LogP contribution in [0.4, 0.5) is 0 Å². The fraction of sp³-hybridized carbons (Fsp3) is 0.235. The highest BCUT2D eigenvalue weighted by atomic mass is 35.5. The summed E-state index contributed by atoms with van der Waals surface area (Å²) < 4.78 is 0. The van der Waals surface area contributed by atoms with Gasteiger partial charge in [-0.15, -0.1) is 0 Å². The smallest absolute Gasteiger partial charge is 0.0411 e. The van der Waals surface area contributed by atoms with Gasteiger partial charge in [-0.1, -0.05) is 46.4 Å². The zero-order valence-electron chi connectivity index (χ0n) is 23.1. The molecule has 0 aromatic heterocycles. The highest BCUT2D eigenvalue weighted by molar-refractivity contribution is 6.32. The Kier molecular flexibility index (Phi) is 8.41. The van der Waals surface area contributed by atoms with E-state index in [2.05, 4.69) is 55.4 Å². The van der Waals surface area contributed by atoms with E-state index < -0.39 is 0 Å². The van der Waals surface area contributed by atoms with Gasteiger partial charge >= 0.3 is 0 Å². The molecule has 0 nitrogen and oxygen atoms in total. The number of benzene rings is 4. The Hall–Kier alpha value is -2.22. The van der Waals surface area contributed by atoms with Gasteiger partial charge in [-0.25, -0.2) is 0 Å². The van der Waals surface area contributed by atoms with Crippen LogP contribution in [0.15, 0.2) is 48.5 Å². The molecule has 4 rings (SSSR count). The van der Waals surface area contributed by atoms with Crippen molar-refractivity contribution in [2.75, 3.05) is 0 Å². The molecule has 0 spiro atoms. The summed E-state index contributed by atoms with van der Waals surface area (Å²) in [5.74, 6) is 0. The Morgan fingerprint density at radius 2 is 0.447 bits per heavy atom. The lowest BCUT2D eigenvalue weighted by molar-refractivity contribution is 1.26. The molecule has 0 bridgehead atoms. The molecule has 38 heavy (non-hydrogen) atoms. The average Bonchev–Trinajstić information content (AvgIpc) is 2.74. The molecule has 4 aromatic rings. The summed E-state index contributed by atoms with van der Waals surface area (Å²) in [5.41, 5.74) is 15.9. The molecule has 0 atom stereocenters. The first-order valence-electron chi connectivity index (χ1n) is 12.6. The van der Waals surface area contributed by atoms with Gasteiger partial charge in [0.25, 0.3) is 0 Å². The lowest BCUT2D eigenvalue weighted by Gasteiger charge is -2.27. The van der Waals surface area contributed by atoms with Crippen LogP contribution in [0.1, 0.15) is 66.8 Å². The summed E-state index contributed by atoms with van der Waals surface area (Å²) in [6, 6.07) is 16.4. The molecular weight excluding hydrogens is 550 g/mol. The van der Waals surface area contributed by atoms with Crippen molar-refractivity contribution >= 4 is 57.5 Å². The monoisotopic (exact) mass is 580 g/mol. The van der Waals surface area contributed by atoms with Gasteiger partial charge in [0.05, 0.1) is 0 Å². The third-order valence-corrected chi connectivity index (χ3v) is 8.11. The standard InChI is InChI=1S/C34H32Cl4/c1-17-9-25(35)10-18(2)29(17)33(30-19(3)11-26(36)12-20(30)4)34(31-21(5)13-27(37)14-22(31)6)32-23(7)15-28(38)16-24(32)8/h9-16H,1-8H3. The molecule has 0 radical (unpaired) electrons. The predicted molar refractivity (Wildman–Crippen MR) is 169 cm³/mol. The molecule has 0 heterocycles. The molecule has 0 N–H and O–H groups in total. The van der Waals surface area contributed by atoms with Crippen LogP contribution in [0.3, 0.4) is 0 Å².